The Balaban J connectivity index is 1.89. The number of nitrogens with zero attached hydrogens (tertiary/aromatic N) is 3. The first kappa shape index (κ1) is 20.3. The van der Waals surface area contributed by atoms with Crippen molar-refractivity contribution in [3.05, 3.63) is 79.9 Å². The zero-order chi connectivity index (χ0) is 20.9. The number of hydrogen-bond acceptors (Lipinski definition) is 5. The van der Waals surface area contributed by atoms with Gasteiger partial charge in [0, 0.05) is 11.5 Å². The van der Waals surface area contributed by atoms with Crippen LogP contribution in [0.5, 0.6) is 5.75 Å². The number of aromatic nitrogens is 3. The smallest absolute Gasteiger partial charge is 0.330 e. The molecule has 0 aliphatic carbocycles. The molecule has 3 aromatic rings. The summed E-state index contributed by atoms with van der Waals surface area (Å²) in [5.74, 6) is 0.118. The molecule has 2 atom stereocenters. The molecule has 0 N–H and O–H groups in total. The van der Waals surface area contributed by atoms with Crippen LogP contribution in [0.1, 0.15) is 27.0 Å². The van der Waals surface area contributed by atoms with Crippen molar-refractivity contribution in [3.8, 4) is 16.9 Å². The van der Waals surface area contributed by atoms with Gasteiger partial charge < -0.3 is 9.47 Å². The van der Waals surface area contributed by atoms with E-state index in [1.807, 2.05) is 63.2 Å². The molecule has 0 radical (unpaired) electrons. The first-order chi connectivity index (χ1) is 13.9. The number of rotatable bonds is 7. The second-order valence-electron chi connectivity index (χ2n) is 7.70. The van der Waals surface area contributed by atoms with Gasteiger partial charge in [0.05, 0.1) is 0 Å². The molecule has 1 heterocycles. The fourth-order valence-corrected chi connectivity index (χ4v) is 2.94. The average molecular weight is 391 g/mol. The lowest BCUT2D eigenvalue weighted by molar-refractivity contribution is -0.163. The normalized spacial score (nSPS) is 13.3. The largest absolute Gasteiger partial charge is 0.465 e. The van der Waals surface area contributed by atoms with Crippen molar-refractivity contribution in [2.75, 3.05) is 0 Å². The standard InChI is InChI=1S/C23H25N3O3/c1-5-20(27)29-21(23(2,3)4)22(26-16-24-15-25-26)28-19-13-11-18(12-14-19)17-9-7-6-8-10-17/h5-16,21-22H,1H2,2-4H3. The molecule has 0 fully saturated rings. The fourth-order valence-electron chi connectivity index (χ4n) is 2.94. The molecular formula is C23H25N3O3. The van der Waals surface area contributed by atoms with Crippen molar-refractivity contribution in [3.63, 3.8) is 0 Å². The molecule has 6 heteroatoms. The molecule has 150 valence electrons. The molecule has 2 unspecified atom stereocenters. The Labute approximate surface area is 170 Å². The highest BCUT2D eigenvalue weighted by Gasteiger charge is 2.38. The number of benzene rings is 2. The van der Waals surface area contributed by atoms with Crippen molar-refractivity contribution in [1.82, 2.24) is 14.8 Å². The van der Waals surface area contributed by atoms with Gasteiger partial charge in [0.25, 0.3) is 0 Å². The number of hydrogen-bond donors (Lipinski definition) is 0. The van der Waals surface area contributed by atoms with E-state index < -0.39 is 23.7 Å². The van der Waals surface area contributed by atoms with Gasteiger partial charge in [-0.25, -0.2) is 14.5 Å². The summed E-state index contributed by atoms with van der Waals surface area (Å²) in [6.07, 6.45) is 2.80. The molecule has 0 bridgehead atoms. The van der Waals surface area contributed by atoms with Gasteiger partial charge in [-0.05, 0) is 23.3 Å². The van der Waals surface area contributed by atoms with Gasteiger partial charge in [-0.3, -0.25) is 0 Å². The minimum Gasteiger partial charge on any atom is -0.465 e. The maximum absolute atomic E-state index is 12.0. The summed E-state index contributed by atoms with van der Waals surface area (Å²) in [5.41, 5.74) is 1.79. The van der Waals surface area contributed by atoms with Crippen LogP contribution < -0.4 is 4.74 Å². The van der Waals surface area contributed by atoms with Crippen LogP contribution in [0.25, 0.3) is 11.1 Å². The maximum atomic E-state index is 12.0. The van der Waals surface area contributed by atoms with E-state index in [2.05, 4.69) is 28.8 Å². The van der Waals surface area contributed by atoms with E-state index in [4.69, 9.17) is 9.47 Å². The van der Waals surface area contributed by atoms with Crippen LogP contribution in [0.4, 0.5) is 0 Å². The SMILES string of the molecule is C=CC(=O)OC(C(Oc1ccc(-c2ccccc2)cc1)n1cncn1)C(C)(C)C. The molecule has 0 amide bonds. The third kappa shape index (κ3) is 5.10. The predicted molar refractivity (Wildman–Crippen MR) is 111 cm³/mol. The summed E-state index contributed by atoms with van der Waals surface area (Å²) in [6.45, 7) is 9.41. The summed E-state index contributed by atoms with van der Waals surface area (Å²) in [6, 6.07) is 17.9. The van der Waals surface area contributed by atoms with Gasteiger partial charge in [0.2, 0.25) is 6.23 Å². The molecule has 2 aromatic carbocycles. The van der Waals surface area contributed by atoms with Crippen molar-refractivity contribution in [1.29, 1.82) is 0 Å². The topological polar surface area (TPSA) is 66.2 Å². The summed E-state index contributed by atoms with van der Waals surface area (Å²) in [7, 11) is 0. The quantitative estimate of drug-likeness (QED) is 0.433. The first-order valence-electron chi connectivity index (χ1n) is 9.38. The predicted octanol–water partition coefficient (Wildman–Crippen LogP) is 4.67. The van der Waals surface area contributed by atoms with Crippen molar-refractivity contribution < 1.29 is 14.3 Å². The van der Waals surface area contributed by atoms with E-state index in [-0.39, 0.29) is 0 Å². The van der Waals surface area contributed by atoms with E-state index in [9.17, 15) is 4.79 Å². The number of ether oxygens (including phenoxy) is 2. The lowest BCUT2D eigenvalue weighted by atomic mass is 9.87. The Morgan fingerprint density at radius 1 is 1.07 bits per heavy atom. The number of carbonyl (C=O) groups excluding carboxylic acids is 1. The third-order valence-corrected chi connectivity index (χ3v) is 4.44. The summed E-state index contributed by atoms with van der Waals surface area (Å²) >= 11 is 0. The molecular weight excluding hydrogens is 366 g/mol. The highest BCUT2D eigenvalue weighted by molar-refractivity contribution is 5.81. The molecule has 29 heavy (non-hydrogen) atoms. The van der Waals surface area contributed by atoms with Crippen molar-refractivity contribution in [2.24, 2.45) is 5.41 Å². The lowest BCUT2D eigenvalue weighted by Crippen LogP contribution is -2.42. The monoisotopic (exact) mass is 391 g/mol. The Hall–Kier alpha value is -3.41. The van der Waals surface area contributed by atoms with Crippen molar-refractivity contribution >= 4 is 5.97 Å². The van der Waals surface area contributed by atoms with Gasteiger partial charge in [0.1, 0.15) is 18.4 Å². The highest BCUT2D eigenvalue weighted by Crippen LogP contribution is 2.33. The second kappa shape index (κ2) is 8.73. The zero-order valence-corrected chi connectivity index (χ0v) is 16.9. The Bertz CT molecular complexity index is 930. The van der Waals surface area contributed by atoms with E-state index in [1.54, 1.807) is 11.0 Å². The van der Waals surface area contributed by atoms with Gasteiger partial charge in [-0.1, -0.05) is 69.8 Å². The van der Waals surface area contributed by atoms with Crippen LogP contribution in [-0.2, 0) is 9.53 Å². The Morgan fingerprint density at radius 3 is 2.28 bits per heavy atom. The van der Waals surface area contributed by atoms with Crippen LogP contribution in [0, 0.1) is 5.41 Å². The molecule has 0 saturated heterocycles. The Kier molecular flexibility index (Phi) is 6.12. The second-order valence-corrected chi connectivity index (χ2v) is 7.70. The van der Waals surface area contributed by atoms with Crippen molar-refractivity contribution in [2.45, 2.75) is 33.1 Å². The van der Waals surface area contributed by atoms with E-state index in [0.717, 1.165) is 17.2 Å². The van der Waals surface area contributed by atoms with Gasteiger partial charge in [-0.15, -0.1) is 0 Å². The molecule has 1 aromatic heterocycles. The molecule has 6 nitrogen and oxygen atoms in total. The van der Waals surface area contributed by atoms with Gasteiger partial charge in [-0.2, -0.15) is 5.10 Å². The molecule has 0 spiro atoms. The van der Waals surface area contributed by atoms with Gasteiger partial charge in [0.15, 0.2) is 6.10 Å². The molecule has 0 aliphatic rings. The lowest BCUT2D eigenvalue weighted by Gasteiger charge is -2.35. The summed E-state index contributed by atoms with van der Waals surface area (Å²) in [4.78, 5) is 16.0. The minimum absolute atomic E-state index is 0.417. The molecule has 0 aliphatic heterocycles. The third-order valence-electron chi connectivity index (χ3n) is 4.44. The van der Waals surface area contributed by atoms with E-state index in [0.29, 0.717) is 5.75 Å². The van der Waals surface area contributed by atoms with Crippen LogP contribution >= 0.6 is 0 Å². The zero-order valence-electron chi connectivity index (χ0n) is 16.9. The Morgan fingerprint density at radius 2 is 1.72 bits per heavy atom. The maximum Gasteiger partial charge on any atom is 0.330 e. The van der Waals surface area contributed by atoms with E-state index in [1.165, 1.54) is 6.33 Å². The number of carbonyl (C=O) groups is 1. The molecule has 0 saturated carbocycles. The van der Waals surface area contributed by atoms with Crippen LogP contribution in [0.15, 0.2) is 79.9 Å². The summed E-state index contributed by atoms with van der Waals surface area (Å²) < 4.78 is 13.4. The minimum atomic E-state index is -0.691. The summed E-state index contributed by atoms with van der Waals surface area (Å²) in [5, 5.41) is 4.21. The van der Waals surface area contributed by atoms with Crippen LogP contribution in [0.3, 0.4) is 0 Å². The molecule has 3 rings (SSSR count). The van der Waals surface area contributed by atoms with Crippen LogP contribution in [-0.4, -0.2) is 26.8 Å². The highest BCUT2D eigenvalue weighted by atomic mass is 16.6. The van der Waals surface area contributed by atoms with Crippen LogP contribution in [0.2, 0.25) is 0 Å². The number of esters is 1. The van der Waals surface area contributed by atoms with E-state index >= 15 is 0 Å². The van der Waals surface area contributed by atoms with Gasteiger partial charge >= 0.3 is 5.97 Å². The fraction of sp³-hybridized carbons (Fsp3) is 0.261. The average Bonchev–Trinajstić information content (AvgIpc) is 3.25. The first-order valence-corrected chi connectivity index (χ1v) is 9.38.